The molecule has 0 aliphatic rings. The van der Waals surface area contributed by atoms with E-state index in [-0.39, 0.29) is 18.5 Å². The summed E-state index contributed by atoms with van der Waals surface area (Å²) in [5.41, 5.74) is 1.10. The van der Waals surface area contributed by atoms with Gasteiger partial charge in [0.25, 0.3) is 0 Å². The Morgan fingerprint density at radius 1 is 1.12 bits per heavy atom. The molecule has 0 saturated carbocycles. The smallest absolute Gasteiger partial charge is 0.239 e. The molecule has 1 atom stereocenters. The Labute approximate surface area is 139 Å². The second kappa shape index (κ2) is 7.98. The Bertz CT molecular complexity index is 745. The van der Waals surface area contributed by atoms with Crippen molar-refractivity contribution in [2.24, 2.45) is 0 Å². The standard InChI is InChI=1S/C17H18N6O/c24-17(22-16-11-18-8-9-19-16)12-20-15(13-23-10-4-7-21-23)14-5-2-1-3-6-14/h1-11,15,20H,12-13H2,(H,19,22,24)/t15-/m0/s1. The van der Waals surface area contributed by atoms with Gasteiger partial charge >= 0.3 is 0 Å². The van der Waals surface area contributed by atoms with E-state index >= 15 is 0 Å². The fourth-order valence-electron chi connectivity index (χ4n) is 2.34. The molecule has 7 nitrogen and oxygen atoms in total. The molecule has 3 aromatic rings. The van der Waals surface area contributed by atoms with Crippen LogP contribution in [-0.2, 0) is 11.3 Å². The largest absolute Gasteiger partial charge is 0.308 e. The normalized spacial score (nSPS) is 11.8. The third-order valence-electron chi connectivity index (χ3n) is 3.47. The Morgan fingerprint density at radius 3 is 2.71 bits per heavy atom. The van der Waals surface area contributed by atoms with Crippen LogP contribution in [0.4, 0.5) is 5.82 Å². The van der Waals surface area contributed by atoms with Crippen molar-refractivity contribution in [2.45, 2.75) is 12.6 Å². The lowest BCUT2D eigenvalue weighted by Gasteiger charge is -2.19. The molecule has 7 heteroatoms. The molecule has 122 valence electrons. The number of amides is 1. The SMILES string of the molecule is O=C(CN[C@@H](Cn1cccn1)c1ccccc1)Nc1cnccn1. The van der Waals surface area contributed by atoms with Crippen LogP contribution >= 0.6 is 0 Å². The Morgan fingerprint density at radius 2 is 2.00 bits per heavy atom. The van der Waals surface area contributed by atoms with Crippen molar-refractivity contribution >= 4 is 11.7 Å². The van der Waals surface area contributed by atoms with Crippen LogP contribution < -0.4 is 10.6 Å². The molecule has 1 amide bonds. The highest BCUT2D eigenvalue weighted by Gasteiger charge is 2.14. The average molecular weight is 322 g/mol. The molecular formula is C17H18N6O. The first-order valence-corrected chi connectivity index (χ1v) is 7.63. The summed E-state index contributed by atoms with van der Waals surface area (Å²) in [7, 11) is 0. The maximum atomic E-state index is 12.1. The highest BCUT2D eigenvalue weighted by molar-refractivity contribution is 5.91. The zero-order chi connectivity index (χ0) is 16.6. The van der Waals surface area contributed by atoms with Gasteiger partial charge in [0.1, 0.15) is 0 Å². The predicted octanol–water partition coefficient (Wildman–Crippen LogP) is 1.64. The summed E-state index contributed by atoms with van der Waals surface area (Å²) in [4.78, 5) is 20.0. The van der Waals surface area contributed by atoms with Crippen molar-refractivity contribution in [1.82, 2.24) is 25.1 Å². The van der Waals surface area contributed by atoms with Crippen LogP contribution in [0.1, 0.15) is 11.6 Å². The molecule has 0 spiro atoms. The van der Waals surface area contributed by atoms with Gasteiger partial charge in [-0.1, -0.05) is 30.3 Å². The number of anilines is 1. The molecule has 2 N–H and O–H groups in total. The number of hydrogen-bond donors (Lipinski definition) is 2. The number of nitrogens with zero attached hydrogens (tertiary/aromatic N) is 4. The zero-order valence-electron chi connectivity index (χ0n) is 13.0. The van der Waals surface area contributed by atoms with Crippen LogP contribution in [0.3, 0.4) is 0 Å². The fourth-order valence-corrected chi connectivity index (χ4v) is 2.34. The molecule has 1 aromatic carbocycles. The fraction of sp³-hybridized carbons (Fsp3) is 0.176. The van der Waals surface area contributed by atoms with Gasteiger partial charge < -0.3 is 5.32 Å². The number of carbonyl (C=O) groups is 1. The predicted molar refractivity (Wildman–Crippen MR) is 90.1 cm³/mol. The van der Waals surface area contributed by atoms with E-state index in [2.05, 4.69) is 25.7 Å². The van der Waals surface area contributed by atoms with Gasteiger partial charge in [-0.3, -0.25) is 19.8 Å². The summed E-state index contributed by atoms with van der Waals surface area (Å²) in [5.74, 6) is 0.268. The second-order valence-corrected chi connectivity index (χ2v) is 5.21. The zero-order valence-corrected chi connectivity index (χ0v) is 13.0. The maximum absolute atomic E-state index is 12.1. The summed E-state index contributed by atoms with van der Waals surface area (Å²) < 4.78 is 1.84. The van der Waals surface area contributed by atoms with Crippen LogP contribution in [-0.4, -0.2) is 32.2 Å². The molecule has 2 heterocycles. The minimum Gasteiger partial charge on any atom is -0.308 e. The highest BCUT2D eigenvalue weighted by atomic mass is 16.2. The van der Waals surface area contributed by atoms with Gasteiger partial charge in [0.15, 0.2) is 5.82 Å². The van der Waals surface area contributed by atoms with Gasteiger partial charge in [0, 0.05) is 24.8 Å². The number of benzene rings is 1. The first kappa shape index (κ1) is 15.8. The van der Waals surface area contributed by atoms with Gasteiger partial charge in [-0.2, -0.15) is 5.10 Å². The molecule has 24 heavy (non-hydrogen) atoms. The topological polar surface area (TPSA) is 84.7 Å². The summed E-state index contributed by atoms with van der Waals surface area (Å²) in [5, 5.41) is 10.2. The van der Waals surface area contributed by atoms with Crippen LogP contribution in [0, 0.1) is 0 Å². The van der Waals surface area contributed by atoms with Crippen LogP contribution in [0.5, 0.6) is 0 Å². The van der Waals surface area contributed by atoms with Gasteiger partial charge in [-0.05, 0) is 11.6 Å². The summed E-state index contributed by atoms with van der Waals surface area (Å²) >= 11 is 0. The lowest BCUT2D eigenvalue weighted by Crippen LogP contribution is -2.33. The first-order valence-electron chi connectivity index (χ1n) is 7.63. The van der Waals surface area contributed by atoms with Crippen molar-refractivity contribution in [3.8, 4) is 0 Å². The van der Waals surface area contributed by atoms with E-state index in [4.69, 9.17) is 0 Å². The van der Waals surface area contributed by atoms with Crippen molar-refractivity contribution in [3.63, 3.8) is 0 Å². The quantitative estimate of drug-likeness (QED) is 0.691. The molecule has 3 rings (SSSR count). The van der Waals surface area contributed by atoms with Crippen molar-refractivity contribution in [1.29, 1.82) is 0 Å². The molecule has 0 saturated heterocycles. The average Bonchev–Trinajstić information content (AvgIpc) is 3.13. The summed E-state index contributed by atoms with van der Waals surface area (Å²) in [6, 6.07) is 11.8. The minimum absolute atomic E-state index is 0.0290. The molecule has 0 aliphatic heterocycles. The van der Waals surface area contributed by atoms with Crippen molar-refractivity contribution < 1.29 is 4.79 Å². The highest BCUT2D eigenvalue weighted by Crippen LogP contribution is 2.14. The van der Waals surface area contributed by atoms with Gasteiger partial charge in [-0.15, -0.1) is 0 Å². The van der Waals surface area contributed by atoms with Crippen molar-refractivity contribution in [3.05, 3.63) is 72.9 Å². The first-order chi connectivity index (χ1) is 11.8. The molecular weight excluding hydrogens is 304 g/mol. The van der Waals surface area contributed by atoms with Crippen molar-refractivity contribution in [2.75, 3.05) is 11.9 Å². The second-order valence-electron chi connectivity index (χ2n) is 5.21. The van der Waals surface area contributed by atoms with Crippen LogP contribution in [0.15, 0.2) is 67.4 Å². The molecule has 0 bridgehead atoms. The van der Waals surface area contributed by atoms with E-state index in [1.807, 2.05) is 47.3 Å². The molecule has 2 aromatic heterocycles. The molecule has 0 fully saturated rings. The number of aromatic nitrogens is 4. The van der Waals surface area contributed by atoms with E-state index in [0.29, 0.717) is 12.4 Å². The van der Waals surface area contributed by atoms with Gasteiger partial charge in [0.05, 0.1) is 25.3 Å². The van der Waals surface area contributed by atoms with E-state index in [1.165, 1.54) is 12.4 Å². The Balaban J connectivity index is 1.62. The van der Waals surface area contributed by atoms with Crippen LogP contribution in [0.2, 0.25) is 0 Å². The summed E-state index contributed by atoms with van der Waals surface area (Å²) in [6.07, 6.45) is 8.24. The monoisotopic (exact) mass is 322 g/mol. The van der Waals surface area contributed by atoms with E-state index in [9.17, 15) is 4.79 Å². The Hall–Kier alpha value is -3.06. The Kier molecular flexibility index (Phi) is 5.26. The minimum atomic E-state index is -0.170. The number of hydrogen-bond acceptors (Lipinski definition) is 5. The molecule has 0 radical (unpaired) electrons. The van der Waals surface area contributed by atoms with E-state index in [0.717, 1.165) is 5.56 Å². The van der Waals surface area contributed by atoms with Gasteiger partial charge in [0.2, 0.25) is 5.91 Å². The summed E-state index contributed by atoms with van der Waals surface area (Å²) in [6.45, 7) is 0.798. The molecule has 0 unspecified atom stereocenters. The van der Waals surface area contributed by atoms with Gasteiger partial charge in [-0.25, -0.2) is 4.98 Å². The van der Waals surface area contributed by atoms with E-state index in [1.54, 1.807) is 12.4 Å². The van der Waals surface area contributed by atoms with Crippen LogP contribution in [0.25, 0.3) is 0 Å². The third kappa shape index (κ3) is 4.47. The number of carbonyl (C=O) groups excluding carboxylic acids is 1. The maximum Gasteiger partial charge on any atom is 0.239 e. The third-order valence-corrected chi connectivity index (χ3v) is 3.47. The van der Waals surface area contributed by atoms with E-state index < -0.39 is 0 Å². The number of nitrogens with one attached hydrogen (secondary N) is 2. The lowest BCUT2D eigenvalue weighted by molar-refractivity contribution is -0.115. The lowest BCUT2D eigenvalue weighted by atomic mass is 10.1. The molecule has 0 aliphatic carbocycles. The number of rotatable bonds is 7.